The van der Waals surface area contributed by atoms with Crippen LogP contribution in [0.5, 0.6) is 0 Å². The summed E-state index contributed by atoms with van der Waals surface area (Å²) in [5.41, 5.74) is 0. The molecule has 3 rings (SSSR count). The molecule has 0 saturated carbocycles. The minimum atomic E-state index is 0.420. The number of hydrogen-bond donors (Lipinski definition) is 0. The zero-order chi connectivity index (χ0) is 10.3. The number of anilines is 1. The summed E-state index contributed by atoms with van der Waals surface area (Å²) in [4.78, 5) is 6.18. The lowest BCUT2D eigenvalue weighted by molar-refractivity contribution is 0.344. The summed E-state index contributed by atoms with van der Waals surface area (Å²) in [5.74, 6) is 0. The maximum atomic E-state index is 5.20. The molecule has 15 heavy (non-hydrogen) atoms. The van der Waals surface area contributed by atoms with Crippen molar-refractivity contribution in [1.29, 1.82) is 0 Å². The SMILES string of the molecule is Brc1cnn(C2CN(c3ncco3)C2)c1. The normalized spacial score (nSPS) is 16.7. The minimum Gasteiger partial charge on any atom is -0.432 e. The lowest BCUT2D eigenvalue weighted by Crippen LogP contribution is -2.48. The van der Waals surface area contributed by atoms with Gasteiger partial charge in [0.15, 0.2) is 0 Å². The summed E-state index contributed by atoms with van der Waals surface area (Å²) in [6.45, 7) is 1.79. The second kappa shape index (κ2) is 3.37. The molecule has 1 aliphatic heterocycles. The standard InChI is InChI=1S/C9H9BrN4O/c10-7-3-12-14(4-7)8-5-13(6-8)9-11-1-2-15-9/h1-4,8H,5-6H2. The van der Waals surface area contributed by atoms with Crippen LogP contribution >= 0.6 is 15.9 Å². The van der Waals surface area contributed by atoms with Crippen LogP contribution in [0, 0.1) is 0 Å². The van der Waals surface area contributed by atoms with Crippen molar-refractivity contribution < 1.29 is 4.42 Å². The number of aromatic nitrogens is 3. The predicted molar refractivity (Wildman–Crippen MR) is 57.7 cm³/mol. The fourth-order valence-corrected chi connectivity index (χ4v) is 1.97. The summed E-state index contributed by atoms with van der Waals surface area (Å²) in [7, 11) is 0. The van der Waals surface area contributed by atoms with E-state index in [2.05, 4.69) is 30.9 Å². The highest BCUT2D eigenvalue weighted by molar-refractivity contribution is 9.10. The summed E-state index contributed by atoms with van der Waals surface area (Å²) < 4.78 is 8.18. The van der Waals surface area contributed by atoms with Crippen LogP contribution in [0.3, 0.4) is 0 Å². The van der Waals surface area contributed by atoms with Crippen LogP contribution in [0.15, 0.2) is 33.7 Å². The number of hydrogen-bond acceptors (Lipinski definition) is 4. The van der Waals surface area contributed by atoms with Gasteiger partial charge in [-0.1, -0.05) is 0 Å². The van der Waals surface area contributed by atoms with E-state index in [0.717, 1.165) is 17.6 Å². The molecule has 1 fully saturated rings. The quantitative estimate of drug-likeness (QED) is 0.832. The number of halogens is 1. The van der Waals surface area contributed by atoms with Gasteiger partial charge in [0, 0.05) is 19.3 Å². The van der Waals surface area contributed by atoms with Gasteiger partial charge in [-0.2, -0.15) is 5.10 Å². The summed E-state index contributed by atoms with van der Waals surface area (Å²) in [6, 6.07) is 1.11. The van der Waals surface area contributed by atoms with Crippen molar-refractivity contribution in [2.75, 3.05) is 18.0 Å². The first-order chi connectivity index (χ1) is 7.33. The van der Waals surface area contributed by atoms with Crippen molar-refractivity contribution >= 4 is 21.9 Å². The number of rotatable bonds is 2. The average Bonchev–Trinajstić information content (AvgIpc) is 2.74. The Hall–Kier alpha value is -1.30. The third kappa shape index (κ3) is 1.54. The molecule has 78 valence electrons. The Morgan fingerprint density at radius 1 is 1.47 bits per heavy atom. The molecule has 0 atom stereocenters. The van der Waals surface area contributed by atoms with E-state index in [1.165, 1.54) is 0 Å². The first kappa shape index (κ1) is 8.96. The summed E-state index contributed by atoms with van der Waals surface area (Å²) in [6.07, 6.45) is 7.03. The van der Waals surface area contributed by atoms with Gasteiger partial charge < -0.3 is 9.32 Å². The van der Waals surface area contributed by atoms with Gasteiger partial charge >= 0.3 is 0 Å². The van der Waals surface area contributed by atoms with Crippen LogP contribution in [0.1, 0.15) is 6.04 Å². The van der Waals surface area contributed by atoms with E-state index >= 15 is 0 Å². The molecule has 1 aliphatic rings. The van der Waals surface area contributed by atoms with Crippen molar-refractivity contribution in [3.63, 3.8) is 0 Å². The van der Waals surface area contributed by atoms with E-state index in [1.807, 2.05) is 10.9 Å². The van der Waals surface area contributed by atoms with Gasteiger partial charge in [0.1, 0.15) is 6.26 Å². The van der Waals surface area contributed by atoms with E-state index in [-0.39, 0.29) is 0 Å². The van der Waals surface area contributed by atoms with Crippen LogP contribution in [-0.2, 0) is 0 Å². The third-order valence-corrected chi connectivity index (χ3v) is 2.91. The molecule has 3 heterocycles. The van der Waals surface area contributed by atoms with Crippen LogP contribution in [0.25, 0.3) is 0 Å². The second-order valence-corrected chi connectivity index (χ2v) is 4.43. The highest BCUT2D eigenvalue weighted by atomic mass is 79.9. The molecule has 5 nitrogen and oxygen atoms in total. The molecule has 2 aromatic rings. The van der Waals surface area contributed by atoms with E-state index in [9.17, 15) is 0 Å². The largest absolute Gasteiger partial charge is 0.432 e. The van der Waals surface area contributed by atoms with E-state index in [4.69, 9.17) is 4.42 Å². The Labute approximate surface area is 94.8 Å². The molecule has 1 saturated heterocycles. The minimum absolute atomic E-state index is 0.420. The molecule has 2 aromatic heterocycles. The molecule has 0 N–H and O–H groups in total. The van der Waals surface area contributed by atoms with Gasteiger partial charge in [0.25, 0.3) is 6.01 Å². The van der Waals surface area contributed by atoms with Gasteiger partial charge in [-0.25, -0.2) is 4.98 Å². The number of nitrogens with zero attached hydrogens (tertiary/aromatic N) is 4. The predicted octanol–water partition coefficient (Wildman–Crippen LogP) is 1.69. The van der Waals surface area contributed by atoms with Gasteiger partial charge in [-0.05, 0) is 15.9 Å². The molecule has 0 bridgehead atoms. The zero-order valence-corrected chi connectivity index (χ0v) is 9.46. The topological polar surface area (TPSA) is 47.1 Å². The highest BCUT2D eigenvalue weighted by Crippen LogP contribution is 2.26. The molecule has 0 aliphatic carbocycles. The third-order valence-electron chi connectivity index (χ3n) is 2.50. The molecular weight excluding hydrogens is 260 g/mol. The van der Waals surface area contributed by atoms with Gasteiger partial charge in [-0.15, -0.1) is 0 Å². The molecule has 6 heteroatoms. The van der Waals surface area contributed by atoms with Crippen LogP contribution in [-0.4, -0.2) is 27.9 Å². The average molecular weight is 269 g/mol. The molecule has 0 radical (unpaired) electrons. The summed E-state index contributed by atoms with van der Waals surface area (Å²) in [5, 5.41) is 4.25. The Balaban J connectivity index is 1.67. The van der Waals surface area contributed by atoms with Gasteiger partial charge in [0.05, 0.1) is 22.9 Å². The Morgan fingerprint density at radius 2 is 2.33 bits per heavy atom. The smallest absolute Gasteiger partial charge is 0.297 e. The van der Waals surface area contributed by atoms with Crippen molar-refractivity contribution in [3.05, 3.63) is 29.3 Å². The lowest BCUT2D eigenvalue weighted by Gasteiger charge is -2.37. The zero-order valence-electron chi connectivity index (χ0n) is 7.88. The van der Waals surface area contributed by atoms with Gasteiger partial charge in [0.2, 0.25) is 0 Å². The fourth-order valence-electron chi connectivity index (χ4n) is 1.67. The van der Waals surface area contributed by atoms with Crippen molar-refractivity contribution in [3.8, 4) is 0 Å². The Bertz CT molecular complexity index is 446. The maximum Gasteiger partial charge on any atom is 0.297 e. The van der Waals surface area contributed by atoms with Crippen LogP contribution in [0.2, 0.25) is 0 Å². The van der Waals surface area contributed by atoms with Crippen LogP contribution in [0.4, 0.5) is 6.01 Å². The lowest BCUT2D eigenvalue weighted by atomic mass is 10.1. The first-order valence-electron chi connectivity index (χ1n) is 4.67. The molecule has 0 spiro atoms. The Morgan fingerprint density at radius 3 is 2.93 bits per heavy atom. The van der Waals surface area contributed by atoms with E-state index < -0.39 is 0 Å². The van der Waals surface area contributed by atoms with Crippen molar-refractivity contribution in [1.82, 2.24) is 14.8 Å². The van der Waals surface area contributed by atoms with Crippen molar-refractivity contribution in [2.45, 2.75) is 6.04 Å². The molecule has 0 aromatic carbocycles. The molecule has 0 amide bonds. The number of oxazole rings is 1. The molecule has 0 unspecified atom stereocenters. The Kier molecular flexibility index (Phi) is 2.02. The first-order valence-corrected chi connectivity index (χ1v) is 5.46. The van der Waals surface area contributed by atoms with E-state index in [1.54, 1.807) is 18.7 Å². The van der Waals surface area contributed by atoms with Crippen LogP contribution < -0.4 is 4.90 Å². The van der Waals surface area contributed by atoms with Gasteiger partial charge in [-0.3, -0.25) is 4.68 Å². The summed E-state index contributed by atoms with van der Waals surface area (Å²) >= 11 is 3.38. The second-order valence-electron chi connectivity index (χ2n) is 3.51. The van der Waals surface area contributed by atoms with Crippen molar-refractivity contribution in [2.24, 2.45) is 0 Å². The molecular formula is C9H9BrN4O. The fraction of sp³-hybridized carbons (Fsp3) is 0.333. The maximum absolute atomic E-state index is 5.20. The monoisotopic (exact) mass is 268 g/mol. The highest BCUT2D eigenvalue weighted by Gasteiger charge is 2.31. The van der Waals surface area contributed by atoms with E-state index in [0.29, 0.717) is 12.1 Å².